The number of hydrogen-bond acceptors (Lipinski definition) is 5. The van der Waals surface area contributed by atoms with Crippen molar-refractivity contribution in [3.05, 3.63) is 47.3 Å². The summed E-state index contributed by atoms with van der Waals surface area (Å²) in [7, 11) is 6.20. The number of aromatic nitrogens is 2. The van der Waals surface area contributed by atoms with Crippen LogP contribution >= 0.6 is 0 Å². The molecule has 1 saturated carbocycles. The van der Waals surface area contributed by atoms with E-state index in [0.29, 0.717) is 19.2 Å². The SMILES string of the molecule is Cc1nn(C)cc1CN(C)Cc1cccc(OCC(O)CN(C)C2CCCCC2)c1. The first kappa shape index (κ1) is 22.8. The number of aryl methyl sites for hydroxylation is 2. The van der Waals surface area contributed by atoms with E-state index < -0.39 is 6.10 Å². The molecule has 0 saturated heterocycles. The van der Waals surface area contributed by atoms with Gasteiger partial charge in [-0.25, -0.2) is 0 Å². The zero-order valence-electron chi connectivity index (χ0n) is 19.0. The molecule has 3 rings (SSSR count). The molecule has 1 heterocycles. The Bertz CT molecular complexity index is 785. The zero-order valence-corrected chi connectivity index (χ0v) is 19.0. The third-order valence-corrected chi connectivity index (χ3v) is 6.05. The van der Waals surface area contributed by atoms with Crippen molar-refractivity contribution in [1.82, 2.24) is 19.6 Å². The van der Waals surface area contributed by atoms with Crippen LogP contribution < -0.4 is 4.74 Å². The molecule has 6 heteroatoms. The number of ether oxygens (including phenoxy) is 1. The number of benzene rings is 1. The highest BCUT2D eigenvalue weighted by Crippen LogP contribution is 2.22. The number of hydrogen-bond donors (Lipinski definition) is 1. The molecule has 30 heavy (non-hydrogen) atoms. The molecule has 1 aromatic carbocycles. The first-order chi connectivity index (χ1) is 14.4. The van der Waals surface area contributed by atoms with Gasteiger partial charge in [0, 0.05) is 44.5 Å². The molecule has 2 aromatic rings. The van der Waals surface area contributed by atoms with E-state index in [-0.39, 0.29) is 0 Å². The van der Waals surface area contributed by atoms with E-state index in [1.165, 1.54) is 43.2 Å². The van der Waals surface area contributed by atoms with E-state index in [1.54, 1.807) is 0 Å². The van der Waals surface area contributed by atoms with Crippen LogP contribution in [0.25, 0.3) is 0 Å². The van der Waals surface area contributed by atoms with Crippen molar-refractivity contribution in [2.24, 2.45) is 7.05 Å². The van der Waals surface area contributed by atoms with E-state index in [9.17, 15) is 5.11 Å². The Morgan fingerprint density at radius 2 is 1.97 bits per heavy atom. The second kappa shape index (κ2) is 10.9. The zero-order chi connectivity index (χ0) is 21.5. The Labute approximate surface area is 181 Å². The fraction of sp³-hybridized carbons (Fsp3) is 0.625. The summed E-state index contributed by atoms with van der Waals surface area (Å²) in [5, 5.41) is 14.9. The largest absolute Gasteiger partial charge is 0.491 e. The van der Waals surface area contributed by atoms with Gasteiger partial charge in [0.15, 0.2) is 0 Å². The molecule has 6 nitrogen and oxygen atoms in total. The highest BCUT2D eigenvalue weighted by molar-refractivity contribution is 5.28. The van der Waals surface area contributed by atoms with Crippen LogP contribution in [0.4, 0.5) is 0 Å². The van der Waals surface area contributed by atoms with Crippen molar-refractivity contribution >= 4 is 0 Å². The van der Waals surface area contributed by atoms with Crippen LogP contribution in [0.15, 0.2) is 30.5 Å². The summed E-state index contributed by atoms with van der Waals surface area (Å²) in [6.07, 6.45) is 8.07. The first-order valence-electron chi connectivity index (χ1n) is 11.2. The third kappa shape index (κ3) is 6.83. The van der Waals surface area contributed by atoms with Gasteiger partial charge in [0.1, 0.15) is 18.5 Å². The number of likely N-dealkylation sites (N-methyl/N-ethyl adjacent to an activating group) is 1. The van der Waals surface area contributed by atoms with Crippen LogP contribution in [-0.4, -0.2) is 64.1 Å². The predicted octanol–water partition coefficient (Wildman–Crippen LogP) is 3.36. The van der Waals surface area contributed by atoms with Gasteiger partial charge in [-0.15, -0.1) is 0 Å². The van der Waals surface area contributed by atoms with Crippen LogP contribution in [0.2, 0.25) is 0 Å². The van der Waals surface area contributed by atoms with Crippen molar-refractivity contribution in [3.8, 4) is 5.75 Å². The van der Waals surface area contributed by atoms with E-state index >= 15 is 0 Å². The van der Waals surface area contributed by atoms with Gasteiger partial charge in [-0.2, -0.15) is 5.10 Å². The van der Waals surface area contributed by atoms with Gasteiger partial charge in [0.05, 0.1) is 5.69 Å². The van der Waals surface area contributed by atoms with Crippen LogP contribution in [0.1, 0.15) is 48.9 Å². The van der Waals surface area contributed by atoms with E-state index in [0.717, 1.165) is 24.5 Å². The fourth-order valence-electron chi connectivity index (χ4n) is 4.44. The summed E-state index contributed by atoms with van der Waals surface area (Å²) in [4.78, 5) is 4.58. The molecule has 1 N–H and O–H groups in total. The molecule has 1 aliphatic carbocycles. The van der Waals surface area contributed by atoms with E-state index in [1.807, 2.05) is 23.9 Å². The molecule has 0 aliphatic heterocycles. The molecule has 0 bridgehead atoms. The molecule has 0 radical (unpaired) electrons. The minimum Gasteiger partial charge on any atom is -0.491 e. The number of aliphatic hydroxyl groups is 1. The Kier molecular flexibility index (Phi) is 8.31. The smallest absolute Gasteiger partial charge is 0.119 e. The lowest BCUT2D eigenvalue weighted by Crippen LogP contribution is -2.40. The lowest BCUT2D eigenvalue weighted by atomic mass is 9.94. The van der Waals surface area contributed by atoms with Gasteiger partial charge < -0.3 is 14.7 Å². The minimum absolute atomic E-state index is 0.325. The molecule has 166 valence electrons. The average molecular weight is 415 g/mol. The van der Waals surface area contributed by atoms with Gasteiger partial charge in [-0.3, -0.25) is 9.58 Å². The van der Waals surface area contributed by atoms with Crippen LogP contribution in [-0.2, 0) is 20.1 Å². The Hall–Kier alpha value is -1.89. The molecule has 0 amide bonds. The standard InChI is InChI=1S/C24H38N4O2/c1-19-21(16-28(4)25-19)15-26(2)14-20-9-8-12-24(13-20)30-18-23(29)17-27(3)22-10-6-5-7-11-22/h8-9,12-13,16,22-23,29H,5-7,10-11,14-15,17-18H2,1-4H3. The highest BCUT2D eigenvalue weighted by atomic mass is 16.5. The molecule has 0 spiro atoms. The van der Waals surface area contributed by atoms with Gasteiger partial charge in [-0.05, 0) is 51.6 Å². The summed E-state index contributed by atoms with van der Waals surface area (Å²) < 4.78 is 7.78. The second-order valence-corrected chi connectivity index (χ2v) is 8.93. The highest BCUT2D eigenvalue weighted by Gasteiger charge is 2.20. The average Bonchev–Trinajstić information content (AvgIpc) is 3.03. The predicted molar refractivity (Wildman–Crippen MR) is 121 cm³/mol. The summed E-state index contributed by atoms with van der Waals surface area (Å²) in [5.74, 6) is 0.817. The Morgan fingerprint density at radius 1 is 1.20 bits per heavy atom. The number of rotatable bonds is 10. The summed E-state index contributed by atoms with van der Waals surface area (Å²) in [6, 6.07) is 8.79. The lowest BCUT2D eigenvalue weighted by molar-refractivity contribution is 0.0561. The normalized spacial score (nSPS) is 16.4. The Morgan fingerprint density at radius 3 is 2.67 bits per heavy atom. The maximum absolute atomic E-state index is 10.4. The molecule has 1 fully saturated rings. The summed E-state index contributed by atoms with van der Waals surface area (Å²) in [5.41, 5.74) is 3.52. The second-order valence-electron chi connectivity index (χ2n) is 8.93. The summed E-state index contributed by atoms with van der Waals surface area (Å²) >= 11 is 0. The van der Waals surface area contributed by atoms with Gasteiger partial charge in [0.25, 0.3) is 0 Å². The lowest BCUT2D eigenvalue weighted by Gasteiger charge is -2.32. The third-order valence-electron chi connectivity index (χ3n) is 6.05. The number of aliphatic hydroxyl groups excluding tert-OH is 1. The van der Waals surface area contributed by atoms with Crippen molar-refractivity contribution in [3.63, 3.8) is 0 Å². The summed E-state index contributed by atoms with van der Waals surface area (Å²) in [6.45, 7) is 4.73. The van der Waals surface area contributed by atoms with Crippen molar-refractivity contribution in [2.45, 2.75) is 64.3 Å². The van der Waals surface area contributed by atoms with Gasteiger partial charge >= 0.3 is 0 Å². The molecule has 1 aromatic heterocycles. The quantitative estimate of drug-likeness (QED) is 0.646. The van der Waals surface area contributed by atoms with E-state index in [2.05, 4.69) is 54.2 Å². The molecule has 1 atom stereocenters. The van der Waals surface area contributed by atoms with E-state index in [4.69, 9.17) is 4.74 Å². The topological polar surface area (TPSA) is 53.8 Å². The van der Waals surface area contributed by atoms with Crippen LogP contribution in [0.3, 0.4) is 0 Å². The first-order valence-corrected chi connectivity index (χ1v) is 11.2. The fourth-order valence-corrected chi connectivity index (χ4v) is 4.44. The molecular formula is C24H38N4O2. The molecule has 1 unspecified atom stereocenters. The minimum atomic E-state index is -0.475. The maximum atomic E-state index is 10.4. The van der Waals surface area contributed by atoms with Gasteiger partial charge in [0.2, 0.25) is 0 Å². The van der Waals surface area contributed by atoms with Crippen LogP contribution in [0.5, 0.6) is 5.75 Å². The van der Waals surface area contributed by atoms with Crippen molar-refractivity contribution in [1.29, 1.82) is 0 Å². The maximum Gasteiger partial charge on any atom is 0.119 e. The Balaban J connectivity index is 1.45. The van der Waals surface area contributed by atoms with Crippen molar-refractivity contribution < 1.29 is 9.84 Å². The van der Waals surface area contributed by atoms with Gasteiger partial charge in [-0.1, -0.05) is 31.4 Å². The molecule has 1 aliphatic rings. The monoisotopic (exact) mass is 414 g/mol. The molecular weight excluding hydrogens is 376 g/mol. The van der Waals surface area contributed by atoms with Crippen LogP contribution in [0, 0.1) is 6.92 Å². The number of nitrogens with zero attached hydrogens (tertiary/aromatic N) is 4. The van der Waals surface area contributed by atoms with Crippen molar-refractivity contribution in [2.75, 3.05) is 27.2 Å².